The quantitative estimate of drug-likeness (QED) is 0.873. The lowest BCUT2D eigenvalue weighted by atomic mass is 10.0. The highest BCUT2D eigenvalue weighted by Crippen LogP contribution is 2.29. The van der Waals surface area contributed by atoms with E-state index in [9.17, 15) is 9.59 Å². The average molecular weight is 347 g/mol. The fourth-order valence-corrected chi connectivity index (χ4v) is 2.68. The highest BCUT2D eigenvalue weighted by Gasteiger charge is 2.26. The number of nitrogens with two attached hydrogens (primary N) is 1. The molecule has 0 saturated carbocycles. The van der Waals surface area contributed by atoms with E-state index in [1.807, 2.05) is 30.3 Å². The van der Waals surface area contributed by atoms with Crippen LogP contribution in [0.3, 0.4) is 0 Å². The summed E-state index contributed by atoms with van der Waals surface area (Å²) in [5, 5.41) is 0.475. The van der Waals surface area contributed by atoms with Crippen molar-refractivity contribution in [1.29, 1.82) is 0 Å². The lowest BCUT2D eigenvalue weighted by Gasteiger charge is -2.28. The summed E-state index contributed by atoms with van der Waals surface area (Å²) in [6, 6.07) is 13.6. The first kappa shape index (κ1) is 17.8. The number of carbonyl (C=O) groups is 2. The van der Waals surface area contributed by atoms with Gasteiger partial charge in [-0.3, -0.25) is 9.59 Å². The first-order chi connectivity index (χ1) is 11.4. The van der Waals surface area contributed by atoms with Gasteiger partial charge in [0.2, 0.25) is 5.91 Å². The number of nitrogens with zero attached hydrogens (tertiary/aromatic N) is 1. The third-order valence-corrected chi connectivity index (χ3v) is 4.00. The van der Waals surface area contributed by atoms with Crippen LogP contribution in [-0.2, 0) is 4.79 Å². The Kier molecular flexibility index (Phi) is 5.82. The van der Waals surface area contributed by atoms with Crippen LogP contribution in [0.1, 0.15) is 28.4 Å². The molecule has 0 radical (unpaired) electrons. The Balaban J connectivity index is 2.37. The monoisotopic (exact) mass is 346 g/mol. The van der Waals surface area contributed by atoms with Gasteiger partial charge in [-0.25, -0.2) is 0 Å². The van der Waals surface area contributed by atoms with Gasteiger partial charge in [0.25, 0.3) is 5.91 Å². The van der Waals surface area contributed by atoms with Crippen LogP contribution in [0.15, 0.2) is 48.5 Å². The van der Waals surface area contributed by atoms with Crippen LogP contribution in [0.25, 0.3) is 0 Å². The molecule has 2 aromatic rings. The summed E-state index contributed by atoms with van der Waals surface area (Å²) in [7, 11) is 3.11. The highest BCUT2D eigenvalue weighted by atomic mass is 35.5. The van der Waals surface area contributed by atoms with Crippen molar-refractivity contribution in [2.45, 2.75) is 12.5 Å². The van der Waals surface area contributed by atoms with E-state index in [-0.39, 0.29) is 12.3 Å². The van der Waals surface area contributed by atoms with Gasteiger partial charge in [0.05, 0.1) is 25.1 Å². The topological polar surface area (TPSA) is 72.6 Å². The molecule has 126 valence electrons. The number of methoxy groups -OCH3 is 1. The van der Waals surface area contributed by atoms with Crippen molar-refractivity contribution in [3.63, 3.8) is 0 Å². The molecule has 0 unspecified atom stereocenters. The van der Waals surface area contributed by atoms with E-state index in [0.717, 1.165) is 5.56 Å². The molecule has 24 heavy (non-hydrogen) atoms. The van der Waals surface area contributed by atoms with E-state index in [1.54, 1.807) is 25.2 Å². The molecule has 2 rings (SSSR count). The second-order valence-electron chi connectivity index (χ2n) is 5.36. The molecule has 2 amide bonds. The van der Waals surface area contributed by atoms with Crippen molar-refractivity contribution in [3.05, 3.63) is 64.7 Å². The Bertz CT molecular complexity index is 734. The fourth-order valence-electron chi connectivity index (χ4n) is 2.52. The molecule has 2 N–H and O–H groups in total. The normalized spacial score (nSPS) is 11.6. The van der Waals surface area contributed by atoms with E-state index in [4.69, 9.17) is 22.1 Å². The number of ether oxygens (including phenoxy) is 1. The predicted octanol–water partition coefficient (Wildman–Crippen LogP) is 3.04. The molecule has 6 heteroatoms. The number of halogens is 1. The molecule has 1 atom stereocenters. The lowest BCUT2D eigenvalue weighted by Crippen LogP contribution is -2.34. The average Bonchev–Trinajstić information content (AvgIpc) is 2.59. The Morgan fingerprint density at radius 2 is 1.88 bits per heavy atom. The number of carbonyl (C=O) groups excluding carboxylic acids is 2. The van der Waals surface area contributed by atoms with E-state index >= 15 is 0 Å². The zero-order chi connectivity index (χ0) is 17.7. The van der Waals surface area contributed by atoms with Gasteiger partial charge in [-0.15, -0.1) is 0 Å². The van der Waals surface area contributed by atoms with Gasteiger partial charge in [-0.1, -0.05) is 41.9 Å². The zero-order valence-corrected chi connectivity index (χ0v) is 14.3. The number of amides is 2. The molecule has 0 saturated heterocycles. The Labute approximate surface area is 146 Å². The summed E-state index contributed by atoms with van der Waals surface area (Å²) in [6.45, 7) is 0. The van der Waals surface area contributed by atoms with Crippen LogP contribution in [0.5, 0.6) is 5.75 Å². The Morgan fingerprint density at radius 3 is 2.46 bits per heavy atom. The van der Waals surface area contributed by atoms with Crippen molar-refractivity contribution < 1.29 is 14.3 Å². The van der Waals surface area contributed by atoms with Crippen LogP contribution in [0.2, 0.25) is 5.02 Å². The lowest BCUT2D eigenvalue weighted by molar-refractivity contribution is -0.119. The van der Waals surface area contributed by atoms with Crippen molar-refractivity contribution in [3.8, 4) is 5.75 Å². The minimum atomic E-state index is -0.480. The van der Waals surface area contributed by atoms with Gasteiger partial charge in [-0.05, 0) is 23.8 Å². The molecule has 0 spiro atoms. The van der Waals surface area contributed by atoms with E-state index in [0.29, 0.717) is 16.3 Å². The van der Waals surface area contributed by atoms with Crippen LogP contribution in [0.4, 0.5) is 0 Å². The zero-order valence-electron chi connectivity index (χ0n) is 13.5. The van der Waals surface area contributed by atoms with Gasteiger partial charge >= 0.3 is 0 Å². The molecule has 0 aliphatic rings. The van der Waals surface area contributed by atoms with Gasteiger partial charge in [0.15, 0.2) is 0 Å². The number of rotatable bonds is 6. The Morgan fingerprint density at radius 1 is 1.21 bits per heavy atom. The molecule has 0 fully saturated rings. The van der Waals surface area contributed by atoms with Crippen molar-refractivity contribution >= 4 is 23.4 Å². The van der Waals surface area contributed by atoms with E-state index < -0.39 is 11.9 Å². The molecule has 0 aliphatic heterocycles. The molecule has 0 bridgehead atoms. The number of hydrogen-bond donors (Lipinski definition) is 1. The summed E-state index contributed by atoms with van der Waals surface area (Å²) < 4.78 is 5.24. The fraction of sp³-hybridized carbons (Fsp3) is 0.222. The molecule has 2 aromatic carbocycles. The molecule has 0 heterocycles. The van der Waals surface area contributed by atoms with Crippen molar-refractivity contribution in [1.82, 2.24) is 4.90 Å². The summed E-state index contributed by atoms with van der Waals surface area (Å²) in [6.07, 6.45) is 0.0299. The number of benzene rings is 2. The van der Waals surface area contributed by atoms with Crippen LogP contribution < -0.4 is 10.5 Å². The number of primary amides is 1. The Hall–Kier alpha value is -2.53. The summed E-state index contributed by atoms with van der Waals surface area (Å²) in [5.74, 6) is -0.379. The van der Waals surface area contributed by atoms with Gasteiger partial charge in [0.1, 0.15) is 5.75 Å². The molecule has 0 aromatic heterocycles. The molecular formula is C18H19ClN2O3. The second-order valence-corrected chi connectivity index (χ2v) is 5.79. The maximum atomic E-state index is 12.9. The van der Waals surface area contributed by atoms with Gasteiger partial charge in [-0.2, -0.15) is 0 Å². The van der Waals surface area contributed by atoms with Crippen LogP contribution in [-0.4, -0.2) is 30.9 Å². The molecule has 0 aliphatic carbocycles. The van der Waals surface area contributed by atoms with Gasteiger partial charge < -0.3 is 15.4 Å². The SMILES string of the molecule is COc1cc(Cl)ccc1C(=O)N(C)[C@H](CC(N)=O)c1ccccc1. The predicted molar refractivity (Wildman–Crippen MR) is 93.1 cm³/mol. The standard InChI is InChI=1S/C18H19ClN2O3/c1-21(15(11-17(20)22)12-6-4-3-5-7-12)18(23)14-9-8-13(19)10-16(14)24-2/h3-10,15H,11H2,1-2H3,(H2,20,22)/t15-/m1/s1. The van der Waals surface area contributed by atoms with E-state index in [1.165, 1.54) is 12.0 Å². The van der Waals surface area contributed by atoms with Crippen LogP contribution in [0, 0.1) is 0 Å². The number of hydrogen-bond acceptors (Lipinski definition) is 3. The van der Waals surface area contributed by atoms with Crippen molar-refractivity contribution in [2.75, 3.05) is 14.2 Å². The molecule has 5 nitrogen and oxygen atoms in total. The van der Waals surface area contributed by atoms with Crippen molar-refractivity contribution in [2.24, 2.45) is 5.73 Å². The largest absolute Gasteiger partial charge is 0.496 e. The highest BCUT2D eigenvalue weighted by molar-refractivity contribution is 6.30. The minimum absolute atomic E-state index is 0.0299. The first-order valence-electron chi connectivity index (χ1n) is 7.38. The smallest absolute Gasteiger partial charge is 0.257 e. The van der Waals surface area contributed by atoms with Gasteiger partial charge in [0, 0.05) is 12.1 Å². The maximum absolute atomic E-state index is 12.9. The molecular weight excluding hydrogens is 328 g/mol. The minimum Gasteiger partial charge on any atom is -0.496 e. The maximum Gasteiger partial charge on any atom is 0.257 e. The summed E-state index contributed by atoms with van der Waals surface area (Å²) in [4.78, 5) is 25.8. The van der Waals surface area contributed by atoms with E-state index in [2.05, 4.69) is 0 Å². The third kappa shape index (κ3) is 4.06. The third-order valence-electron chi connectivity index (χ3n) is 3.76. The summed E-state index contributed by atoms with van der Waals surface area (Å²) in [5.41, 5.74) is 6.57. The second kappa shape index (κ2) is 7.84. The first-order valence-corrected chi connectivity index (χ1v) is 7.75. The van der Waals surface area contributed by atoms with Crippen LogP contribution >= 0.6 is 11.6 Å². The summed E-state index contributed by atoms with van der Waals surface area (Å²) >= 11 is 5.94.